The Hall–Kier alpha value is -0.770. The Morgan fingerprint density at radius 2 is 2.06 bits per heavy atom. The fourth-order valence-electron chi connectivity index (χ4n) is 1.91. The molecule has 1 aliphatic rings. The highest BCUT2D eigenvalue weighted by atomic mass is 16.7. The van der Waals surface area contributed by atoms with Crippen molar-refractivity contribution in [1.29, 1.82) is 0 Å². The number of carboxylic acids is 1. The quantitative estimate of drug-likeness (QED) is 0.321. The van der Waals surface area contributed by atoms with Gasteiger partial charge < -0.3 is 35.4 Å². The average Bonchev–Trinajstić information content (AvgIpc) is 2.31. The summed E-state index contributed by atoms with van der Waals surface area (Å²) in [6.07, 6.45) is -6.24. The van der Waals surface area contributed by atoms with Crippen LogP contribution in [0.5, 0.6) is 0 Å². The zero-order chi connectivity index (χ0) is 14.1. The van der Waals surface area contributed by atoms with Gasteiger partial charge in [0.2, 0.25) is 0 Å². The third-order valence-corrected chi connectivity index (χ3v) is 3.19. The van der Waals surface area contributed by atoms with Crippen LogP contribution < -0.4 is 0 Å². The zero-order valence-corrected chi connectivity index (χ0v) is 9.80. The lowest BCUT2D eigenvalue weighted by Crippen LogP contribution is -2.60. The minimum atomic E-state index is -2.62. The molecule has 8 nitrogen and oxygen atoms in total. The molecule has 1 saturated heterocycles. The first-order valence-corrected chi connectivity index (χ1v) is 5.51. The third kappa shape index (κ3) is 2.79. The Morgan fingerprint density at radius 1 is 1.50 bits per heavy atom. The molecule has 6 N–H and O–H groups in total. The molecule has 1 heterocycles. The van der Waals surface area contributed by atoms with Crippen LogP contribution in [-0.4, -0.2) is 73.4 Å². The lowest BCUT2D eigenvalue weighted by atomic mass is 9.85. The SMILES string of the molecule is CC1C(O)CC(O)(C(=O)O)OC1[C@H](O)[C@H](O)CO. The molecule has 4 unspecified atom stereocenters. The summed E-state index contributed by atoms with van der Waals surface area (Å²) in [6.45, 7) is 0.722. The van der Waals surface area contributed by atoms with Gasteiger partial charge in [0.25, 0.3) is 5.79 Å². The van der Waals surface area contributed by atoms with Crippen molar-refractivity contribution in [2.24, 2.45) is 5.92 Å². The van der Waals surface area contributed by atoms with Crippen LogP contribution in [0.4, 0.5) is 0 Å². The zero-order valence-electron chi connectivity index (χ0n) is 9.80. The van der Waals surface area contributed by atoms with E-state index in [1.807, 2.05) is 0 Å². The maximum absolute atomic E-state index is 10.9. The minimum Gasteiger partial charge on any atom is -0.477 e. The Labute approximate surface area is 103 Å². The van der Waals surface area contributed by atoms with Gasteiger partial charge in [0.1, 0.15) is 12.2 Å². The summed E-state index contributed by atoms with van der Waals surface area (Å²) in [5.41, 5.74) is 0. The van der Waals surface area contributed by atoms with Crippen molar-refractivity contribution in [1.82, 2.24) is 0 Å². The van der Waals surface area contributed by atoms with Crippen molar-refractivity contribution in [3.63, 3.8) is 0 Å². The van der Waals surface area contributed by atoms with Gasteiger partial charge >= 0.3 is 5.97 Å². The van der Waals surface area contributed by atoms with Gasteiger partial charge in [0, 0.05) is 12.3 Å². The molecule has 18 heavy (non-hydrogen) atoms. The van der Waals surface area contributed by atoms with Crippen LogP contribution in [0.2, 0.25) is 0 Å². The van der Waals surface area contributed by atoms with E-state index >= 15 is 0 Å². The molecule has 0 radical (unpaired) electrons. The van der Waals surface area contributed by atoms with E-state index in [1.54, 1.807) is 0 Å². The standard InChI is InChI=1S/C10H18O8/c1-4-5(12)2-10(17,9(15)16)18-8(4)7(14)6(13)3-11/h4-8,11-14,17H,2-3H2,1H3,(H,15,16)/t4?,5?,6-,7-,8?,10?/m1/s1. The Kier molecular flexibility index (Phi) is 4.65. The van der Waals surface area contributed by atoms with Gasteiger partial charge in [-0.3, -0.25) is 0 Å². The highest BCUT2D eigenvalue weighted by molar-refractivity contribution is 5.75. The molecule has 0 aromatic carbocycles. The van der Waals surface area contributed by atoms with Crippen molar-refractivity contribution in [2.75, 3.05) is 6.61 Å². The van der Waals surface area contributed by atoms with Crippen LogP contribution in [0.3, 0.4) is 0 Å². The van der Waals surface area contributed by atoms with Crippen LogP contribution in [0.1, 0.15) is 13.3 Å². The molecule has 0 saturated carbocycles. The Balaban J connectivity index is 2.92. The summed E-state index contributed by atoms with van der Waals surface area (Å²) in [7, 11) is 0. The average molecular weight is 266 g/mol. The normalized spacial score (nSPS) is 40.2. The molecular formula is C10H18O8. The number of hydrogen-bond acceptors (Lipinski definition) is 7. The van der Waals surface area contributed by atoms with Crippen LogP contribution in [-0.2, 0) is 9.53 Å². The van der Waals surface area contributed by atoms with Gasteiger partial charge in [-0.25, -0.2) is 4.79 Å². The smallest absolute Gasteiger partial charge is 0.364 e. The number of carboxylic acid groups (broad SMARTS) is 1. The van der Waals surface area contributed by atoms with Crippen molar-refractivity contribution in [2.45, 2.75) is 43.5 Å². The molecule has 8 heteroatoms. The van der Waals surface area contributed by atoms with Gasteiger partial charge in [-0.15, -0.1) is 0 Å². The summed E-state index contributed by atoms with van der Waals surface area (Å²) >= 11 is 0. The molecule has 6 atom stereocenters. The second kappa shape index (κ2) is 5.47. The van der Waals surface area contributed by atoms with E-state index in [0.29, 0.717) is 0 Å². The Morgan fingerprint density at radius 3 is 2.50 bits per heavy atom. The molecule has 1 rings (SSSR count). The van der Waals surface area contributed by atoms with E-state index in [-0.39, 0.29) is 0 Å². The molecule has 106 valence electrons. The fraction of sp³-hybridized carbons (Fsp3) is 0.900. The summed E-state index contributed by atoms with van der Waals surface area (Å²) in [6, 6.07) is 0. The van der Waals surface area contributed by atoms with E-state index in [9.17, 15) is 25.2 Å². The molecule has 0 bridgehead atoms. The monoisotopic (exact) mass is 266 g/mol. The number of rotatable bonds is 4. The van der Waals surface area contributed by atoms with Gasteiger partial charge in [-0.1, -0.05) is 6.92 Å². The van der Waals surface area contributed by atoms with Crippen LogP contribution in [0.15, 0.2) is 0 Å². The van der Waals surface area contributed by atoms with Crippen molar-refractivity contribution >= 4 is 5.97 Å². The Bertz CT molecular complexity index is 308. The first-order valence-electron chi connectivity index (χ1n) is 5.51. The summed E-state index contributed by atoms with van der Waals surface area (Å²) in [4.78, 5) is 10.9. The molecule has 0 amide bonds. The molecular weight excluding hydrogens is 248 g/mol. The number of ether oxygens (including phenoxy) is 1. The second-order valence-electron chi connectivity index (χ2n) is 4.54. The largest absolute Gasteiger partial charge is 0.477 e. The second-order valence-corrected chi connectivity index (χ2v) is 4.54. The lowest BCUT2D eigenvalue weighted by Gasteiger charge is -2.43. The number of aliphatic hydroxyl groups is 5. The van der Waals surface area contributed by atoms with Crippen molar-refractivity contribution < 1.29 is 40.2 Å². The van der Waals surface area contributed by atoms with E-state index in [2.05, 4.69) is 0 Å². The number of carbonyl (C=O) groups is 1. The third-order valence-electron chi connectivity index (χ3n) is 3.19. The molecule has 0 aliphatic carbocycles. The van der Waals surface area contributed by atoms with Crippen LogP contribution >= 0.6 is 0 Å². The molecule has 0 spiro atoms. The van der Waals surface area contributed by atoms with Gasteiger partial charge in [0.15, 0.2) is 0 Å². The minimum absolute atomic E-state index is 0.540. The number of aliphatic hydroxyl groups excluding tert-OH is 4. The van der Waals surface area contributed by atoms with Crippen LogP contribution in [0.25, 0.3) is 0 Å². The summed E-state index contributed by atoms with van der Waals surface area (Å²) in [5, 5.41) is 55.9. The topological polar surface area (TPSA) is 148 Å². The lowest BCUT2D eigenvalue weighted by molar-refractivity contribution is -0.302. The first-order chi connectivity index (χ1) is 8.23. The molecule has 1 fully saturated rings. The maximum Gasteiger partial charge on any atom is 0.364 e. The highest BCUT2D eigenvalue weighted by Crippen LogP contribution is 2.33. The molecule has 0 aromatic heterocycles. The van der Waals surface area contributed by atoms with Crippen molar-refractivity contribution in [3.05, 3.63) is 0 Å². The summed E-state index contributed by atoms with van der Waals surface area (Å²) in [5.74, 6) is -5.02. The number of hydrogen-bond donors (Lipinski definition) is 6. The molecule has 0 aromatic rings. The highest BCUT2D eigenvalue weighted by Gasteiger charge is 2.51. The summed E-state index contributed by atoms with van der Waals surface area (Å²) < 4.78 is 4.88. The maximum atomic E-state index is 10.9. The van der Waals surface area contributed by atoms with Crippen molar-refractivity contribution in [3.8, 4) is 0 Å². The predicted octanol–water partition coefficient (Wildman–Crippen LogP) is -2.74. The van der Waals surface area contributed by atoms with Gasteiger partial charge in [-0.05, 0) is 0 Å². The first kappa shape index (κ1) is 15.3. The van der Waals surface area contributed by atoms with Crippen LogP contribution in [0, 0.1) is 5.92 Å². The fourth-order valence-corrected chi connectivity index (χ4v) is 1.91. The van der Waals surface area contributed by atoms with Gasteiger partial charge in [-0.2, -0.15) is 0 Å². The predicted molar refractivity (Wildman–Crippen MR) is 56.3 cm³/mol. The van der Waals surface area contributed by atoms with E-state index in [1.165, 1.54) is 6.92 Å². The van der Waals surface area contributed by atoms with E-state index in [4.69, 9.17) is 14.9 Å². The van der Waals surface area contributed by atoms with E-state index < -0.39 is 55.1 Å². The van der Waals surface area contributed by atoms with E-state index in [0.717, 1.165) is 0 Å². The molecule has 1 aliphatic heterocycles. The number of aliphatic carboxylic acids is 1. The van der Waals surface area contributed by atoms with Gasteiger partial charge in [0.05, 0.1) is 18.8 Å².